The molecule has 0 aliphatic heterocycles. The molecular weight excluding hydrogens is 226 g/mol. The van der Waals surface area contributed by atoms with Crippen molar-refractivity contribution in [3.05, 3.63) is 29.3 Å². The quantitative estimate of drug-likeness (QED) is 0.605. The monoisotopic (exact) mass is 241 g/mol. The Morgan fingerprint density at radius 3 is 3.00 bits per heavy atom. The summed E-state index contributed by atoms with van der Waals surface area (Å²) in [7, 11) is 0. The van der Waals surface area contributed by atoms with Gasteiger partial charge in [0.05, 0.1) is 0 Å². The molecule has 0 amide bonds. The van der Waals surface area contributed by atoms with E-state index in [-0.39, 0.29) is 0 Å². The van der Waals surface area contributed by atoms with Gasteiger partial charge in [-0.15, -0.1) is 11.8 Å². The molecule has 0 unspecified atom stereocenters. The van der Waals surface area contributed by atoms with Crippen molar-refractivity contribution in [2.45, 2.75) is 17.7 Å². The minimum atomic E-state index is 0.825. The summed E-state index contributed by atoms with van der Waals surface area (Å²) >= 11 is 7.77. The maximum absolute atomic E-state index is 5.91. The lowest BCUT2D eigenvalue weighted by molar-refractivity contribution is 0.666. The van der Waals surface area contributed by atoms with Crippen molar-refractivity contribution < 1.29 is 0 Å². The number of nitrogens with one attached hydrogen (secondary N) is 1. The Kier molecular flexibility index (Phi) is 4.36. The smallest absolute Gasteiger partial charge is 0.0417 e. The van der Waals surface area contributed by atoms with Gasteiger partial charge in [-0.2, -0.15) is 0 Å². The first-order valence-corrected chi connectivity index (χ1v) is 6.80. The predicted molar refractivity (Wildman–Crippen MR) is 67.8 cm³/mol. The molecule has 1 aliphatic rings. The standard InChI is InChI=1S/C12H16ClNS/c13-11-2-1-3-12(8-11)15-7-6-14-9-10-4-5-10/h1-3,8,10,14H,4-7,9H2. The molecule has 1 nitrogen and oxygen atoms in total. The fraction of sp³-hybridized carbons (Fsp3) is 0.500. The van der Waals surface area contributed by atoms with Crippen LogP contribution in [0.1, 0.15) is 12.8 Å². The third-order valence-electron chi connectivity index (χ3n) is 2.47. The first-order valence-electron chi connectivity index (χ1n) is 5.44. The van der Waals surface area contributed by atoms with Gasteiger partial charge in [0.2, 0.25) is 0 Å². The predicted octanol–water partition coefficient (Wildman–Crippen LogP) is 3.43. The van der Waals surface area contributed by atoms with E-state index in [0.717, 1.165) is 23.2 Å². The Labute approximate surface area is 101 Å². The Balaban J connectivity index is 1.60. The topological polar surface area (TPSA) is 12.0 Å². The molecular formula is C12H16ClNS. The van der Waals surface area contributed by atoms with Crippen LogP contribution in [-0.4, -0.2) is 18.8 Å². The van der Waals surface area contributed by atoms with Crippen molar-refractivity contribution >= 4 is 23.4 Å². The summed E-state index contributed by atoms with van der Waals surface area (Å²) in [6, 6.07) is 8.05. The molecule has 1 aromatic rings. The molecule has 0 spiro atoms. The lowest BCUT2D eigenvalue weighted by atomic mass is 10.4. The number of thioether (sulfide) groups is 1. The normalized spacial score (nSPS) is 15.5. The lowest BCUT2D eigenvalue weighted by Gasteiger charge is -2.03. The van der Waals surface area contributed by atoms with E-state index in [1.165, 1.54) is 24.3 Å². The van der Waals surface area contributed by atoms with Crippen LogP contribution in [0.15, 0.2) is 29.2 Å². The second kappa shape index (κ2) is 5.78. The average molecular weight is 242 g/mol. The fourth-order valence-electron chi connectivity index (χ4n) is 1.43. The zero-order chi connectivity index (χ0) is 10.5. The van der Waals surface area contributed by atoms with Crippen molar-refractivity contribution in [3.8, 4) is 0 Å². The molecule has 1 aliphatic carbocycles. The van der Waals surface area contributed by atoms with E-state index < -0.39 is 0 Å². The summed E-state index contributed by atoms with van der Waals surface area (Å²) in [5.74, 6) is 2.09. The molecule has 0 aromatic heterocycles. The molecule has 0 heterocycles. The van der Waals surface area contributed by atoms with E-state index in [1.807, 2.05) is 30.0 Å². The highest BCUT2D eigenvalue weighted by atomic mass is 35.5. The average Bonchev–Trinajstić information content (AvgIpc) is 3.01. The largest absolute Gasteiger partial charge is 0.316 e. The fourth-order valence-corrected chi connectivity index (χ4v) is 2.55. The maximum Gasteiger partial charge on any atom is 0.0417 e. The molecule has 2 rings (SSSR count). The van der Waals surface area contributed by atoms with Gasteiger partial charge in [0.25, 0.3) is 0 Å². The molecule has 1 fully saturated rings. The summed E-state index contributed by atoms with van der Waals surface area (Å²) in [4.78, 5) is 1.26. The van der Waals surface area contributed by atoms with Crippen LogP contribution < -0.4 is 5.32 Å². The third kappa shape index (κ3) is 4.45. The number of rotatable bonds is 6. The summed E-state index contributed by atoms with van der Waals surface area (Å²) in [6.07, 6.45) is 2.85. The summed E-state index contributed by atoms with van der Waals surface area (Å²) in [5, 5.41) is 4.30. The highest BCUT2D eigenvalue weighted by Crippen LogP contribution is 2.27. The number of hydrogen-bond acceptors (Lipinski definition) is 2. The first kappa shape index (κ1) is 11.3. The van der Waals surface area contributed by atoms with Gasteiger partial charge >= 0.3 is 0 Å². The van der Waals surface area contributed by atoms with Gasteiger partial charge in [-0.3, -0.25) is 0 Å². The summed E-state index contributed by atoms with van der Waals surface area (Å²) < 4.78 is 0. The van der Waals surface area contributed by atoms with Crippen LogP contribution in [0.4, 0.5) is 0 Å². The van der Waals surface area contributed by atoms with E-state index in [2.05, 4.69) is 11.4 Å². The molecule has 82 valence electrons. The highest BCUT2D eigenvalue weighted by Gasteiger charge is 2.19. The summed E-state index contributed by atoms with van der Waals surface area (Å²) in [5.41, 5.74) is 0. The van der Waals surface area contributed by atoms with E-state index in [0.29, 0.717) is 0 Å². The van der Waals surface area contributed by atoms with Crippen molar-refractivity contribution in [3.63, 3.8) is 0 Å². The molecule has 0 radical (unpaired) electrons. The molecule has 0 saturated heterocycles. The number of hydrogen-bond donors (Lipinski definition) is 1. The molecule has 0 atom stereocenters. The van der Waals surface area contributed by atoms with Crippen LogP contribution in [0, 0.1) is 5.92 Å². The van der Waals surface area contributed by atoms with Crippen LogP contribution in [0.3, 0.4) is 0 Å². The number of halogens is 1. The van der Waals surface area contributed by atoms with Crippen molar-refractivity contribution in [1.29, 1.82) is 0 Å². The Bertz CT molecular complexity index is 312. The molecule has 3 heteroatoms. The van der Waals surface area contributed by atoms with E-state index >= 15 is 0 Å². The zero-order valence-electron chi connectivity index (χ0n) is 8.71. The molecule has 15 heavy (non-hydrogen) atoms. The summed E-state index contributed by atoms with van der Waals surface area (Å²) in [6.45, 7) is 2.30. The van der Waals surface area contributed by atoms with E-state index in [9.17, 15) is 0 Å². The second-order valence-corrected chi connectivity index (χ2v) is 5.56. The van der Waals surface area contributed by atoms with Crippen molar-refractivity contribution in [1.82, 2.24) is 5.32 Å². The third-order valence-corrected chi connectivity index (χ3v) is 3.70. The second-order valence-electron chi connectivity index (χ2n) is 3.95. The maximum atomic E-state index is 5.91. The minimum absolute atomic E-state index is 0.825. The van der Waals surface area contributed by atoms with Gasteiger partial charge in [-0.25, -0.2) is 0 Å². The molecule has 0 bridgehead atoms. The van der Waals surface area contributed by atoms with Gasteiger partial charge in [-0.1, -0.05) is 17.7 Å². The molecule has 1 saturated carbocycles. The van der Waals surface area contributed by atoms with E-state index in [4.69, 9.17) is 11.6 Å². The van der Waals surface area contributed by atoms with Crippen molar-refractivity contribution in [2.24, 2.45) is 5.92 Å². The zero-order valence-corrected chi connectivity index (χ0v) is 10.3. The van der Waals surface area contributed by atoms with Gasteiger partial charge in [0.1, 0.15) is 0 Å². The Morgan fingerprint density at radius 2 is 2.27 bits per heavy atom. The highest BCUT2D eigenvalue weighted by molar-refractivity contribution is 7.99. The van der Waals surface area contributed by atoms with Gasteiger partial charge in [0.15, 0.2) is 0 Å². The van der Waals surface area contributed by atoms with Gasteiger partial charge in [0, 0.05) is 22.2 Å². The first-order chi connectivity index (χ1) is 7.34. The molecule has 1 aromatic carbocycles. The lowest BCUT2D eigenvalue weighted by Crippen LogP contribution is -2.19. The SMILES string of the molecule is Clc1cccc(SCCNCC2CC2)c1. The number of benzene rings is 1. The van der Waals surface area contributed by atoms with Crippen LogP contribution in [0.5, 0.6) is 0 Å². The minimum Gasteiger partial charge on any atom is -0.316 e. The Morgan fingerprint density at radius 1 is 1.40 bits per heavy atom. The van der Waals surface area contributed by atoms with Crippen LogP contribution >= 0.6 is 23.4 Å². The van der Waals surface area contributed by atoms with Gasteiger partial charge in [-0.05, 0) is 43.5 Å². The van der Waals surface area contributed by atoms with Crippen LogP contribution in [0.2, 0.25) is 5.02 Å². The van der Waals surface area contributed by atoms with Crippen LogP contribution in [-0.2, 0) is 0 Å². The van der Waals surface area contributed by atoms with E-state index in [1.54, 1.807) is 0 Å². The van der Waals surface area contributed by atoms with Crippen molar-refractivity contribution in [2.75, 3.05) is 18.8 Å². The Hall–Kier alpha value is -0.180. The van der Waals surface area contributed by atoms with Crippen LogP contribution in [0.25, 0.3) is 0 Å². The molecule has 1 N–H and O–H groups in total. The van der Waals surface area contributed by atoms with Gasteiger partial charge < -0.3 is 5.32 Å².